The van der Waals surface area contributed by atoms with Crippen molar-refractivity contribution in [3.63, 3.8) is 0 Å². The fraction of sp³-hybridized carbons (Fsp3) is 1.00. The molecule has 0 amide bonds. The number of aliphatic hydroxyl groups is 2. The summed E-state index contributed by atoms with van der Waals surface area (Å²) in [4.78, 5) is 0. The second-order valence-electron chi connectivity index (χ2n) is 4.83. The highest BCUT2D eigenvalue weighted by Gasteiger charge is 2.34. The minimum Gasteiger partial charge on any atom is -0.367 e. The zero-order valence-electron chi connectivity index (χ0n) is 8.89. The summed E-state index contributed by atoms with van der Waals surface area (Å²) in [6.07, 6.45) is 4.00. The van der Waals surface area contributed by atoms with Crippen molar-refractivity contribution in [2.75, 3.05) is 0 Å². The van der Waals surface area contributed by atoms with Gasteiger partial charge in [0.2, 0.25) is 0 Å². The van der Waals surface area contributed by atoms with E-state index in [4.69, 9.17) is 15.9 Å². The first kappa shape index (κ1) is 11.3. The van der Waals surface area contributed by atoms with Gasteiger partial charge < -0.3 is 15.9 Å². The third-order valence-electron chi connectivity index (χ3n) is 3.71. The first-order valence-electron chi connectivity index (χ1n) is 5.79. The van der Waals surface area contributed by atoms with Gasteiger partial charge in [0.05, 0.1) is 6.04 Å². The topological polar surface area (TPSA) is 90.5 Å². The Kier molecular flexibility index (Phi) is 3.58. The minimum atomic E-state index is -1.27. The molecule has 0 spiro atoms. The average molecular weight is 215 g/mol. The Morgan fingerprint density at radius 3 is 2.27 bits per heavy atom. The van der Waals surface area contributed by atoms with Gasteiger partial charge in [-0.1, -0.05) is 0 Å². The van der Waals surface area contributed by atoms with Crippen LogP contribution in [-0.2, 0) is 0 Å². The van der Waals surface area contributed by atoms with Crippen LogP contribution in [0.15, 0.2) is 0 Å². The Morgan fingerprint density at radius 1 is 1.07 bits per heavy atom. The number of nitrogens with one attached hydrogen (secondary N) is 2. The molecule has 0 aromatic carbocycles. The van der Waals surface area contributed by atoms with E-state index < -0.39 is 6.29 Å². The van der Waals surface area contributed by atoms with Gasteiger partial charge in [-0.2, -0.15) is 0 Å². The van der Waals surface area contributed by atoms with Crippen LogP contribution in [0.4, 0.5) is 0 Å². The third kappa shape index (κ3) is 2.68. The van der Waals surface area contributed by atoms with Crippen LogP contribution in [0.25, 0.3) is 0 Å². The first-order valence-corrected chi connectivity index (χ1v) is 5.79. The molecule has 2 fully saturated rings. The molecule has 15 heavy (non-hydrogen) atoms. The minimum absolute atomic E-state index is 0.231. The van der Waals surface area contributed by atoms with Gasteiger partial charge >= 0.3 is 0 Å². The van der Waals surface area contributed by atoms with Crippen LogP contribution in [0.1, 0.15) is 32.1 Å². The van der Waals surface area contributed by atoms with Gasteiger partial charge in [-0.15, -0.1) is 0 Å². The second-order valence-corrected chi connectivity index (χ2v) is 4.83. The van der Waals surface area contributed by atoms with Crippen LogP contribution >= 0.6 is 0 Å². The summed E-state index contributed by atoms with van der Waals surface area (Å²) >= 11 is 0. The van der Waals surface area contributed by atoms with Crippen molar-refractivity contribution in [1.82, 2.24) is 10.9 Å². The van der Waals surface area contributed by atoms with Crippen LogP contribution in [0, 0.1) is 5.92 Å². The number of rotatable bonds is 2. The first-order chi connectivity index (χ1) is 7.16. The van der Waals surface area contributed by atoms with Crippen LogP contribution in [-0.4, -0.2) is 34.6 Å². The standard InChI is InChI=1S/C10H21N3O2/c11-7-3-1-6(2-4-7)8-5-9(10(14)15)13-12-8/h6-10,12-15H,1-5,11H2. The third-order valence-corrected chi connectivity index (χ3v) is 3.71. The Morgan fingerprint density at radius 2 is 1.73 bits per heavy atom. The number of hydrazine groups is 1. The van der Waals surface area contributed by atoms with Gasteiger partial charge in [0.15, 0.2) is 6.29 Å². The van der Waals surface area contributed by atoms with Gasteiger partial charge in [0.25, 0.3) is 0 Å². The summed E-state index contributed by atoms with van der Waals surface area (Å²) in [6.45, 7) is 0. The highest BCUT2D eigenvalue weighted by Crippen LogP contribution is 2.29. The molecule has 0 aromatic heterocycles. The Hall–Kier alpha value is -0.200. The number of nitrogens with two attached hydrogens (primary N) is 1. The smallest absolute Gasteiger partial charge is 0.168 e. The fourth-order valence-corrected chi connectivity index (χ4v) is 2.66. The van der Waals surface area contributed by atoms with Crippen molar-refractivity contribution in [3.05, 3.63) is 0 Å². The molecule has 88 valence electrons. The molecule has 1 heterocycles. The SMILES string of the molecule is NC1CCC(C2CC(C(O)O)NN2)CC1. The molecular formula is C10H21N3O2. The highest BCUT2D eigenvalue weighted by molar-refractivity contribution is 4.89. The molecule has 2 atom stereocenters. The van der Waals surface area contributed by atoms with Crippen molar-refractivity contribution < 1.29 is 10.2 Å². The maximum absolute atomic E-state index is 9.04. The summed E-state index contributed by atoms with van der Waals surface area (Å²) in [7, 11) is 0. The predicted molar refractivity (Wildman–Crippen MR) is 56.6 cm³/mol. The maximum Gasteiger partial charge on any atom is 0.168 e. The summed E-state index contributed by atoms with van der Waals surface area (Å²) in [5, 5.41) is 18.1. The van der Waals surface area contributed by atoms with Crippen molar-refractivity contribution in [3.8, 4) is 0 Å². The molecule has 2 aliphatic rings. The van der Waals surface area contributed by atoms with E-state index in [9.17, 15) is 0 Å². The molecule has 0 aromatic rings. The summed E-state index contributed by atoms with van der Waals surface area (Å²) in [6, 6.07) is 0.504. The number of hydrogen-bond acceptors (Lipinski definition) is 5. The van der Waals surface area contributed by atoms with Crippen molar-refractivity contribution in [2.24, 2.45) is 11.7 Å². The van der Waals surface area contributed by atoms with Crippen LogP contribution in [0.3, 0.4) is 0 Å². The summed E-state index contributed by atoms with van der Waals surface area (Å²) < 4.78 is 0. The van der Waals surface area contributed by atoms with Crippen LogP contribution in [0.2, 0.25) is 0 Å². The van der Waals surface area contributed by atoms with E-state index >= 15 is 0 Å². The fourth-order valence-electron chi connectivity index (χ4n) is 2.66. The Balaban J connectivity index is 1.80. The quantitative estimate of drug-likeness (QED) is 0.383. The van der Waals surface area contributed by atoms with E-state index in [1.165, 1.54) is 0 Å². The van der Waals surface area contributed by atoms with Gasteiger partial charge in [-0.3, -0.25) is 5.43 Å². The number of aliphatic hydroxyl groups excluding tert-OH is 1. The molecule has 1 saturated heterocycles. The molecule has 2 rings (SSSR count). The van der Waals surface area contributed by atoms with Gasteiger partial charge in [-0.25, -0.2) is 5.43 Å². The van der Waals surface area contributed by atoms with E-state index in [2.05, 4.69) is 10.9 Å². The molecule has 1 aliphatic carbocycles. The lowest BCUT2D eigenvalue weighted by atomic mass is 9.81. The predicted octanol–water partition coefficient (Wildman–Crippen LogP) is -0.950. The maximum atomic E-state index is 9.04. The van der Waals surface area contributed by atoms with Gasteiger partial charge in [0.1, 0.15) is 0 Å². The van der Waals surface area contributed by atoms with E-state index in [-0.39, 0.29) is 6.04 Å². The molecule has 5 nitrogen and oxygen atoms in total. The van der Waals surface area contributed by atoms with Gasteiger partial charge in [-0.05, 0) is 38.0 Å². The largest absolute Gasteiger partial charge is 0.367 e. The van der Waals surface area contributed by atoms with E-state index in [0.717, 1.165) is 32.1 Å². The van der Waals surface area contributed by atoms with Crippen molar-refractivity contribution in [1.29, 1.82) is 0 Å². The molecule has 6 N–H and O–H groups in total. The molecule has 2 unspecified atom stereocenters. The molecular weight excluding hydrogens is 194 g/mol. The summed E-state index contributed by atoms with van der Waals surface area (Å²) in [5.74, 6) is 0.626. The van der Waals surface area contributed by atoms with Crippen LogP contribution in [0.5, 0.6) is 0 Å². The van der Waals surface area contributed by atoms with Crippen molar-refractivity contribution >= 4 is 0 Å². The zero-order valence-corrected chi connectivity index (χ0v) is 8.89. The number of hydrogen-bond donors (Lipinski definition) is 5. The second kappa shape index (κ2) is 4.76. The molecule has 0 bridgehead atoms. The summed E-state index contributed by atoms with van der Waals surface area (Å²) in [5.41, 5.74) is 12.0. The Bertz CT molecular complexity index is 205. The van der Waals surface area contributed by atoms with E-state index in [0.29, 0.717) is 18.0 Å². The Labute approximate surface area is 90.0 Å². The lowest BCUT2D eigenvalue weighted by molar-refractivity contribution is -0.0640. The zero-order chi connectivity index (χ0) is 10.8. The molecule has 5 heteroatoms. The van der Waals surface area contributed by atoms with Crippen LogP contribution < -0.4 is 16.6 Å². The molecule has 1 aliphatic heterocycles. The van der Waals surface area contributed by atoms with E-state index in [1.807, 2.05) is 0 Å². The monoisotopic (exact) mass is 215 g/mol. The average Bonchev–Trinajstić information content (AvgIpc) is 2.68. The van der Waals surface area contributed by atoms with E-state index in [1.54, 1.807) is 0 Å². The highest BCUT2D eigenvalue weighted by atomic mass is 16.5. The van der Waals surface area contributed by atoms with Gasteiger partial charge in [0, 0.05) is 12.1 Å². The molecule has 1 saturated carbocycles. The normalized spacial score (nSPS) is 42.4. The van der Waals surface area contributed by atoms with Crippen molar-refractivity contribution in [2.45, 2.75) is 56.5 Å². The lowest BCUT2D eigenvalue weighted by Crippen LogP contribution is -2.41. The molecule has 0 radical (unpaired) electrons. The lowest BCUT2D eigenvalue weighted by Gasteiger charge is -2.30.